The van der Waals surface area contributed by atoms with Crippen LogP contribution in [0.4, 0.5) is 23.2 Å². The zero-order valence-corrected chi connectivity index (χ0v) is 10.4. The maximum absolute atomic E-state index is 13.2. The van der Waals surface area contributed by atoms with Crippen molar-refractivity contribution in [3.63, 3.8) is 0 Å². The molecule has 1 fully saturated rings. The predicted octanol–water partition coefficient (Wildman–Crippen LogP) is 3.40. The lowest BCUT2D eigenvalue weighted by molar-refractivity contribution is -0.139. The average molecular weight is 276 g/mol. The van der Waals surface area contributed by atoms with E-state index in [2.05, 4.69) is 10.6 Å². The van der Waals surface area contributed by atoms with E-state index in [1.54, 1.807) is 0 Å². The lowest BCUT2D eigenvalue weighted by atomic mass is 10.1. The minimum Gasteiger partial charge on any atom is -0.382 e. The largest absolute Gasteiger partial charge is 0.419 e. The Labute approximate surface area is 109 Å². The first-order chi connectivity index (χ1) is 8.97. The second-order valence-corrected chi connectivity index (χ2v) is 4.71. The standard InChI is InChI=1S/C13H16F4N2/c14-12-4-3-10(8-11(12)13(15,16)17)19-9-2-1-6-18-7-5-9/h3-4,8-9,18-19H,1-2,5-7H2. The van der Waals surface area contributed by atoms with Crippen LogP contribution in [0.5, 0.6) is 0 Å². The van der Waals surface area contributed by atoms with Gasteiger partial charge in [0.25, 0.3) is 0 Å². The molecule has 0 aromatic heterocycles. The normalized spacial score (nSPS) is 20.9. The number of anilines is 1. The molecule has 0 aliphatic carbocycles. The highest BCUT2D eigenvalue weighted by molar-refractivity contribution is 5.47. The molecule has 1 aliphatic heterocycles. The summed E-state index contributed by atoms with van der Waals surface area (Å²) < 4.78 is 50.9. The highest BCUT2D eigenvalue weighted by Gasteiger charge is 2.34. The molecule has 0 amide bonds. The molecule has 0 spiro atoms. The van der Waals surface area contributed by atoms with Crippen molar-refractivity contribution in [1.82, 2.24) is 5.32 Å². The second-order valence-electron chi connectivity index (χ2n) is 4.71. The summed E-state index contributed by atoms with van der Waals surface area (Å²) in [7, 11) is 0. The van der Waals surface area contributed by atoms with Crippen molar-refractivity contribution in [2.45, 2.75) is 31.5 Å². The van der Waals surface area contributed by atoms with E-state index in [1.807, 2.05) is 0 Å². The van der Waals surface area contributed by atoms with Crippen LogP contribution in [-0.4, -0.2) is 19.1 Å². The van der Waals surface area contributed by atoms with Crippen LogP contribution in [0.25, 0.3) is 0 Å². The maximum atomic E-state index is 13.2. The first kappa shape index (κ1) is 14.1. The number of hydrogen-bond donors (Lipinski definition) is 2. The van der Waals surface area contributed by atoms with Crippen LogP contribution in [0.2, 0.25) is 0 Å². The van der Waals surface area contributed by atoms with Crippen molar-refractivity contribution in [2.75, 3.05) is 18.4 Å². The molecule has 1 aliphatic rings. The second kappa shape index (κ2) is 5.77. The Morgan fingerprint density at radius 1 is 1.16 bits per heavy atom. The van der Waals surface area contributed by atoms with E-state index >= 15 is 0 Å². The Morgan fingerprint density at radius 3 is 2.68 bits per heavy atom. The molecule has 1 unspecified atom stereocenters. The van der Waals surface area contributed by atoms with Crippen molar-refractivity contribution < 1.29 is 17.6 Å². The Morgan fingerprint density at radius 2 is 1.95 bits per heavy atom. The van der Waals surface area contributed by atoms with Crippen LogP contribution >= 0.6 is 0 Å². The number of halogens is 4. The summed E-state index contributed by atoms with van der Waals surface area (Å²) in [5, 5.41) is 6.28. The smallest absolute Gasteiger partial charge is 0.382 e. The van der Waals surface area contributed by atoms with Gasteiger partial charge in [-0.1, -0.05) is 0 Å². The SMILES string of the molecule is Fc1ccc(NC2CCCNCC2)cc1C(F)(F)F. The zero-order chi connectivity index (χ0) is 13.9. The fourth-order valence-electron chi connectivity index (χ4n) is 2.23. The summed E-state index contributed by atoms with van der Waals surface area (Å²) in [6, 6.07) is 3.18. The molecule has 1 atom stereocenters. The van der Waals surface area contributed by atoms with Gasteiger partial charge >= 0.3 is 6.18 Å². The zero-order valence-electron chi connectivity index (χ0n) is 10.4. The van der Waals surface area contributed by atoms with Crippen LogP contribution in [0.3, 0.4) is 0 Å². The molecule has 2 N–H and O–H groups in total. The molecule has 6 heteroatoms. The monoisotopic (exact) mass is 276 g/mol. The minimum absolute atomic E-state index is 0.126. The lowest BCUT2D eigenvalue weighted by Crippen LogP contribution is -2.22. The lowest BCUT2D eigenvalue weighted by Gasteiger charge is -2.18. The van der Waals surface area contributed by atoms with Gasteiger partial charge < -0.3 is 10.6 Å². The summed E-state index contributed by atoms with van der Waals surface area (Å²) in [6.07, 6.45) is -1.94. The van der Waals surface area contributed by atoms with E-state index in [4.69, 9.17) is 0 Å². The molecule has 2 rings (SSSR count). The first-order valence-electron chi connectivity index (χ1n) is 6.31. The molecule has 2 nitrogen and oxygen atoms in total. The van der Waals surface area contributed by atoms with Gasteiger partial charge in [-0.3, -0.25) is 0 Å². The highest BCUT2D eigenvalue weighted by Crippen LogP contribution is 2.33. The molecule has 1 heterocycles. The summed E-state index contributed by atoms with van der Waals surface area (Å²) >= 11 is 0. The van der Waals surface area contributed by atoms with Gasteiger partial charge in [-0.05, 0) is 50.6 Å². The number of rotatable bonds is 2. The third-order valence-electron chi connectivity index (χ3n) is 3.22. The Balaban J connectivity index is 2.12. The van der Waals surface area contributed by atoms with Gasteiger partial charge in [-0.25, -0.2) is 4.39 Å². The number of nitrogens with one attached hydrogen (secondary N) is 2. The van der Waals surface area contributed by atoms with E-state index in [-0.39, 0.29) is 6.04 Å². The summed E-state index contributed by atoms with van der Waals surface area (Å²) in [5.74, 6) is -1.24. The number of alkyl halides is 3. The van der Waals surface area contributed by atoms with Crippen LogP contribution in [0, 0.1) is 5.82 Å². The first-order valence-corrected chi connectivity index (χ1v) is 6.31. The molecular formula is C13H16F4N2. The van der Waals surface area contributed by atoms with Crippen LogP contribution in [0.15, 0.2) is 18.2 Å². The van der Waals surface area contributed by atoms with Gasteiger partial charge in [-0.2, -0.15) is 13.2 Å². The van der Waals surface area contributed by atoms with Crippen molar-refractivity contribution in [2.24, 2.45) is 0 Å². The van der Waals surface area contributed by atoms with Crippen LogP contribution < -0.4 is 10.6 Å². The third-order valence-corrected chi connectivity index (χ3v) is 3.22. The van der Waals surface area contributed by atoms with Gasteiger partial charge in [0.05, 0.1) is 5.56 Å². The summed E-state index contributed by atoms with van der Waals surface area (Å²) in [5.41, 5.74) is -0.898. The average Bonchev–Trinajstić information content (AvgIpc) is 2.59. The summed E-state index contributed by atoms with van der Waals surface area (Å²) in [6.45, 7) is 1.76. The molecule has 1 aromatic rings. The molecule has 1 saturated heterocycles. The summed E-state index contributed by atoms with van der Waals surface area (Å²) in [4.78, 5) is 0. The molecule has 1 aromatic carbocycles. The molecule has 19 heavy (non-hydrogen) atoms. The van der Waals surface area contributed by atoms with Gasteiger partial charge in [0, 0.05) is 11.7 Å². The topological polar surface area (TPSA) is 24.1 Å². The molecule has 0 saturated carbocycles. The molecule has 0 bridgehead atoms. The highest BCUT2D eigenvalue weighted by atomic mass is 19.4. The fourth-order valence-corrected chi connectivity index (χ4v) is 2.23. The van der Waals surface area contributed by atoms with Crippen molar-refractivity contribution in [3.8, 4) is 0 Å². The third kappa shape index (κ3) is 3.83. The minimum atomic E-state index is -4.66. The van der Waals surface area contributed by atoms with Gasteiger partial charge in [0.15, 0.2) is 0 Å². The Hall–Kier alpha value is -1.30. The van der Waals surface area contributed by atoms with E-state index in [0.717, 1.165) is 44.5 Å². The molecule has 106 valence electrons. The van der Waals surface area contributed by atoms with Crippen LogP contribution in [0.1, 0.15) is 24.8 Å². The number of benzene rings is 1. The van der Waals surface area contributed by atoms with E-state index in [9.17, 15) is 17.6 Å². The van der Waals surface area contributed by atoms with Gasteiger partial charge in [0.1, 0.15) is 5.82 Å². The predicted molar refractivity (Wildman–Crippen MR) is 65.5 cm³/mol. The quantitative estimate of drug-likeness (QED) is 0.809. The van der Waals surface area contributed by atoms with Gasteiger partial charge in [0.2, 0.25) is 0 Å². The Bertz CT molecular complexity index is 423. The van der Waals surface area contributed by atoms with Crippen molar-refractivity contribution >= 4 is 5.69 Å². The maximum Gasteiger partial charge on any atom is 0.419 e. The van der Waals surface area contributed by atoms with Crippen LogP contribution in [-0.2, 0) is 6.18 Å². The molecule has 0 radical (unpaired) electrons. The molecular weight excluding hydrogens is 260 g/mol. The Kier molecular flexibility index (Phi) is 4.29. The van der Waals surface area contributed by atoms with Gasteiger partial charge in [-0.15, -0.1) is 0 Å². The van der Waals surface area contributed by atoms with E-state index < -0.39 is 17.6 Å². The number of hydrogen-bond acceptors (Lipinski definition) is 2. The van der Waals surface area contributed by atoms with E-state index in [1.165, 1.54) is 6.07 Å². The fraction of sp³-hybridized carbons (Fsp3) is 0.538. The van der Waals surface area contributed by atoms with Crippen molar-refractivity contribution in [1.29, 1.82) is 0 Å². The van der Waals surface area contributed by atoms with E-state index in [0.29, 0.717) is 5.69 Å². The van der Waals surface area contributed by atoms with Crippen molar-refractivity contribution in [3.05, 3.63) is 29.6 Å².